The highest BCUT2D eigenvalue weighted by Gasteiger charge is 2.14. The molecule has 0 aliphatic heterocycles. The topological polar surface area (TPSA) is 74.1 Å². The van der Waals surface area contributed by atoms with Gasteiger partial charge < -0.3 is 10.3 Å². The van der Waals surface area contributed by atoms with Crippen LogP contribution in [0.15, 0.2) is 36.7 Å². The Balaban J connectivity index is 2.27. The lowest BCUT2D eigenvalue weighted by atomic mass is 10.1. The van der Waals surface area contributed by atoms with Gasteiger partial charge in [-0.05, 0) is 30.2 Å². The fourth-order valence-corrected chi connectivity index (χ4v) is 2.26. The van der Waals surface area contributed by atoms with Crippen LogP contribution < -0.4 is 5.73 Å². The lowest BCUT2D eigenvalue weighted by molar-refractivity contribution is -0.385. The molecule has 2 N–H and O–H groups in total. The van der Waals surface area contributed by atoms with Gasteiger partial charge in [0.1, 0.15) is 0 Å². The second-order valence-corrected chi connectivity index (χ2v) is 5.10. The molecule has 20 heavy (non-hydrogen) atoms. The van der Waals surface area contributed by atoms with Crippen molar-refractivity contribution in [2.45, 2.75) is 25.9 Å². The number of halogens is 1. The second kappa shape index (κ2) is 6.07. The molecule has 0 bridgehead atoms. The van der Waals surface area contributed by atoms with E-state index in [1.807, 2.05) is 30.0 Å². The van der Waals surface area contributed by atoms with E-state index in [1.165, 1.54) is 12.1 Å². The van der Waals surface area contributed by atoms with Crippen LogP contribution in [0.2, 0.25) is 5.02 Å². The summed E-state index contributed by atoms with van der Waals surface area (Å²) in [5, 5.41) is 11.5. The average molecular weight is 294 g/mol. The van der Waals surface area contributed by atoms with Gasteiger partial charge in [-0.2, -0.15) is 0 Å². The number of rotatable bonds is 5. The second-order valence-electron chi connectivity index (χ2n) is 4.66. The number of aromatic nitrogens is 1. The Morgan fingerprint density at radius 2 is 2.20 bits per heavy atom. The smallest absolute Gasteiger partial charge is 0.274 e. The summed E-state index contributed by atoms with van der Waals surface area (Å²) in [6.45, 7) is 2.41. The zero-order chi connectivity index (χ0) is 14.7. The van der Waals surface area contributed by atoms with Gasteiger partial charge in [0.2, 0.25) is 0 Å². The van der Waals surface area contributed by atoms with E-state index < -0.39 is 4.92 Å². The van der Waals surface area contributed by atoms with E-state index in [0.717, 1.165) is 12.0 Å². The number of nitrogens with two attached hydrogens (primary N) is 1. The average Bonchev–Trinajstić information content (AvgIpc) is 2.86. The van der Waals surface area contributed by atoms with Crippen LogP contribution >= 0.6 is 11.6 Å². The number of nitro benzene ring substituents is 1. The van der Waals surface area contributed by atoms with E-state index in [9.17, 15) is 10.1 Å². The monoisotopic (exact) mass is 293 g/mol. The van der Waals surface area contributed by atoms with E-state index in [-0.39, 0.29) is 11.7 Å². The van der Waals surface area contributed by atoms with Gasteiger partial charge >= 0.3 is 0 Å². The lowest BCUT2D eigenvalue weighted by Crippen LogP contribution is -2.07. The van der Waals surface area contributed by atoms with Crippen LogP contribution in [-0.4, -0.2) is 9.49 Å². The molecule has 0 aliphatic rings. The van der Waals surface area contributed by atoms with Crippen molar-refractivity contribution >= 4 is 17.3 Å². The van der Waals surface area contributed by atoms with Crippen molar-refractivity contribution in [2.75, 3.05) is 0 Å². The molecule has 1 aromatic carbocycles. The minimum Gasteiger partial charge on any atom is -0.349 e. The molecular formula is C14H16ClN3O2. The molecule has 0 aliphatic carbocycles. The van der Waals surface area contributed by atoms with Crippen LogP contribution in [0.25, 0.3) is 0 Å². The Labute approximate surface area is 122 Å². The van der Waals surface area contributed by atoms with Gasteiger partial charge in [0.15, 0.2) is 0 Å². The molecule has 106 valence electrons. The molecule has 1 unspecified atom stereocenters. The molecule has 0 saturated heterocycles. The van der Waals surface area contributed by atoms with E-state index in [0.29, 0.717) is 17.1 Å². The van der Waals surface area contributed by atoms with Gasteiger partial charge in [-0.3, -0.25) is 10.1 Å². The molecule has 1 aromatic heterocycles. The molecular weight excluding hydrogens is 278 g/mol. The van der Waals surface area contributed by atoms with Crippen molar-refractivity contribution in [2.24, 2.45) is 5.73 Å². The SMILES string of the molecule is CCC(N)c1ccn(Cc2cc(Cl)ccc2[N+](=O)[O-])c1. The molecule has 1 heterocycles. The lowest BCUT2D eigenvalue weighted by Gasteiger charge is -2.07. The third-order valence-electron chi connectivity index (χ3n) is 3.23. The summed E-state index contributed by atoms with van der Waals surface area (Å²) < 4.78 is 1.88. The first-order valence-electron chi connectivity index (χ1n) is 6.35. The predicted octanol–water partition coefficient (Wildman–Crippen LogP) is 3.51. The Kier molecular flexibility index (Phi) is 4.42. The Bertz CT molecular complexity index is 625. The molecule has 2 rings (SSSR count). The number of nitrogens with zero attached hydrogens (tertiary/aromatic N) is 2. The highest BCUT2D eigenvalue weighted by molar-refractivity contribution is 6.30. The van der Waals surface area contributed by atoms with Crippen molar-refractivity contribution in [3.05, 3.63) is 62.9 Å². The first-order chi connectivity index (χ1) is 9.51. The minimum atomic E-state index is -0.395. The fourth-order valence-electron chi connectivity index (χ4n) is 2.07. The van der Waals surface area contributed by atoms with Crippen LogP contribution in [-0.2, 0) is 6.54 Å². The van der Waals surface area contributed by atoms with Crippen LogP contribution in [0.1, 0.15) is 30.5 Å². The summed E-state index contributed by atoms with van der Waals surface area (Å²) in [6, 6.07) is 6.51. The molecule has 0 fully saturated rings. The molecule has 6 heteroatoms. The van der Waals surface area contributed by atoms with E-state index >= 15 is 0 Å². The van der Waals surface area contributed by atoms with Crippen LogP contribution in [0, 0.1) is 10.1 Å². The van der Waals surface area contributed by atoms with Gasteiger partial charge in [0, 0.05) is 29.5 Å². The van der Waals surface area contributed by atoms with Crippen molar-refractivity contribution in [1.29, 1.82) is 0 Å². The van der Waals surface area contributed by atoms with Crippen molar-refractivity contribution in [3.8, 4) is 0 Å². The van der Waals surface area contributed by atoms with Crippen LogP contribution in [0.3, 0.4) is 0 Å². The van der Waals surface area contributed by atoms with Gasteiger partial charge in [0.25, 0.3) is 5.69 Å². The largest absolute Gasteiger partial charge is 0.349 e. The summed E-state index contributed by atoms with van der Waals surface area (Å²) in [7, 11) is 0. The van der Waals surface area contributed by atoms with Gasteiger partial charge in [-0.15, -0.1) is 0 Å². The summed E-state index contributed by atoms with van der Waals surface area (Å²) in [4.78, 5) is 10.6. The normalized spacial score (nSPS) is 12.3. The van der Waals surface area contributed by atoms with E-state index in [4.69, 9.17) is 17.3 Å². The van der Waals surface area contributed by atoms with E-state index in [1.54, 1.807) is 6.07 Å². The summed E-state index contributed by atoms with van der Waals surface area (Å²) >= 11 is 5.91. The Hall–Kier alpha value is -1.85. The molecule has 0 saturated carbocycles. The maximum absolute atomic E-state index is 11.0. The Morgan fingerprint density at radius 3 is 2.85 bits per heavy atom. The molecule has 0 spiro atoms. The highest BCUT2D eigenvalue weighted by Crippen LogP contribution is 2.24. The van der Waals surface area contributed by atoms with Crippen LogP contribution in [0.5, 0.6) is 0 Å². The molecule has 2 aromatic rings. The molecule has 0 radical (unpaired) electrons. The minimum absolute atomic E-state index is 0.00871. The first kappa shape index (κ1) is 14.6. The summed E-state index contributed by atoms with van der Waals surface area (Å²) in [5.41, 5.74) is 7.64. The zero-order valence-corrected chi connectivity index (χ0v) is 11.9. The zero-order valence-electron chi connectivity index (χ0n) is 11.1. The summed E-state index contributed by atoms with van der Waals surface area (Å²) in [6.07, 6.45) is 4.63. The number of benzene rings is 1. The predicted molar refractivity (Wildman–Crippen MR) is 78.9 cm³/mol. The van der Waals surface area contributed by atoms with Crippen molar-refractivity contribution in [3.63, 3.8) is 0 Å². The summed E-state index contributed by atoms with van der Waals surface area (Å²) in [5.74, 6) is 0. The fraction of sp³-hybridized carbons (Fsp3) is 0.286. The number of hydrogen-bond donors (Lipinski definition) is 1. The molecule has 5 nitrogen and oxygen atoms in total. The van der Waals surface area contributed by atoms with Crippen molar-refractivity contribution < 1.29 is 4.92 Å². The third-order valence-corrected chi connectivity index (χ3v) is 3.47. The Morgan fingerprint density at radius 1 is 1.45 bits per heavy atom. The van der Waals surface area contributed by atoms with Gasteiger partial charge in [-0.25, -0.2) is 0 Å². The van der Waals surface area contributed by atoms with Crippen LogP contribution in [0.4, 0.5) is 5.69 Å². The first-order valence-corrected chi connectivity index (χ1v) is 6.73. The quantitative estimate of drug-likeness (QED) is 0.677. The maximum atomic E-state index is 11.0. The van der Waals surface area contributed by atoms with Crippen molar-refractivity contribution in [1.82, 2.24) is 4.57 Å². The maximum Gasteiger partial charge on any atom is 0.274 e. The molecule has 0 amide bonds. The standard InChI is InChI=1S/C14H16ClN3O2/c1-2-13(16)10-5-6-17(8-10)9-11-7-12(15)3-4-14(11)18(19)20/h3-8,13H,2,9,16H2,1H3. The number of hydrogen-bond acceptors (Lipinski definition) is 3. The van der Waals surface area contributed by atoms with E-state index in [2.05, 4.69) is 0 Å². The molecule has 1 atom stereocenters. The van der Waals surface area contributed by atoms with Gasteiger partial charge in [0.05, 0.1) is 17.0 Å². The van der Waals surface area contributed by atoms with Gasteiger partial charge in [-0.1, -0.05) is 18.5 Å². The number of nitro groups is 1. The highest BCUT2D eigenvalue weighted by atomic mass is 35.5. The third kappa shape index (κ3) is 3.18.